The summed E-state index contributed by atoms with van der Waals surface area (Å²) in [7, 11) is 0. The van der Waals surface area contributed by atoms with E-state index in [2.05, 4.69) is 15.3 Å². The molecule has 3 heterocycles. The normalized spacial score (nSPS) is 27.8. The summed E-state index contributed by atoms with van der Waals surface area (Å²) >= 11 is 0. The Hall–Kier alpha value is -2.84. The summed E-state index contributed by atoms with van der Waals surface area (Å²) in [5.74, 6) is -0.473. The van der Waals surface area contributed by atoms with Crippen LogP contribution in [0.3, 0.4) is 0 Å². The fourth-order valence-electron chi connectivity index (χ4n) is 3.84. The molecule has 5 atom stereocenters. The largest absolute Gasteiger partial charge is 0.391 e. The van der Waals surface area contributed by atoms with Gasteiger partial charge in [0.15, 0.2) is 11.9 Å². The number of aromatic nitrogens is 3. The summed E-state index contributed by atoms with van der Waals surface area (Å²) in [6.45, 7) is 4.78. The molecule has 0 saturated carbocycles. The van der Waals surface area contributed by atoms with E-state index >= 15 is 4.39 Å². The summed E-state index contributed by atoms with van der Waals surface area (Å²) in [5, 5.41) is 13.3. The van der Waals surface area contributed by atoms with Crippen LogP contribution in [0.1, 0.15) is 37.4 Å². The van der Waals surface area contributed by atoms with Crippen molar-refractivity contribution in [2.75, 3.05) is 5.32 Å². The van der Waals surface area contributed by atoms with Gasteiger partial charge in [-0.25, -0.2) is 14.4 Å². The van der Waals surface area contributed by atoms with Crippen LogP contribution in [0.5, 0.6) is 0 Å². The zero-order valence-electron chi connectivity index (χ0n) is 16.4. The number of anilines is 1. The zero-order chi connectivity index (χ0) is 20.8. The van der Waals surface area contributed by atoms with Crippen LogP contribution in [-0.4, -0.2) is 43.4 Å². The van der Waals surface area contributed by atoms with Gasteiger partial charge in [-0.2, -0.15) is 0 Å². The van der Waals surface area contributed by atoms with Gasteiger partial charge in [0, 0.05) is 17.7 Å². The number of carbonyl (C=O) groups excluding carboxylic acids is 1. The van der Waals surface area contributed by atoms with E-state index in [9.17, 15) is 9.90 Å². The highest BCUT2D eigenvalue weighted by Gasteiger charge is 2.54. The zero-order valence-corrected chi connectivity index (χ0v) is 16.4. The minimum absolute atomic E-state index is 0.298. The smallest absolute Gasteiger partial charge is 0.256 e. The lowest BCUT2D eigenvalue weighted by atomic mass is 9.88. The number of nitrogens with one attached hydrogen (secondary N) is 1. The lowest BCUT2D eigenvalue weighted by Gasteiger charge is -2.26. The number of hydrogen-bond donors (Lipinski definition) is 2. The number of amides is 1. The molecule has 0 bridgehead atoms. The Bertz CT molecular complexity index is 1030. The van der Waals surface area contributed by atoms with Gasteiger partial charge in [0.1, 0.15) is 17.8 Å². The monoisotopic (exact) mass is 398 g/mol. The predicted octanol–water partition coefficient (Wildman–Crippen LogP) is 3.33. The van der Waals surface area contributed by atoms with Gasteiger partial charge in [0.05, 0.1) is 17.6 Å². The second-order valence-corrected chi connectivity index (χ2v) is 7.64. The molecule has 0 radical (unpaired) electrons. The summed E-state index contributed by atoms with van der Waals surface area (Å²) in [6, 6.07) is 10.5. The molecule has 152 valence electrons. The van der Waals surface area contributed by atoms with Gasteiger partial charge in [-0.3, -0.25) is 4.79 Å². The van der Waals surface area contributed by atoms with Crippen molar-refractivity contribution in [3.63, 3.8) is 0 Å². The number of halogens is 1. The van der Waals surface area contributed by atoms with Gasteiger partial charge >= 0.3 is 0 Å². The van der Waals surface area contributed by atoms with Crippen LogP contribution in [-0.2, 0) is 4.74 Å². The van der Waals surface area contributed by atoms with Gasteiger partial charge < -0.3 is 19.7 Å². The number of benzene rings is 1. The molecule has 3 aromatic rings. The highest BCUT2D eigenvalue weighted by Crippen LogP contribution is 2.47. The van der Waals surface area contributed by atoms with Crippen LogP contribution < -0.4 is 5.32 Å². The number of aliphatic hydroxyl groups excluding tert-OH is 1. The average molecular weight is 398 g/mol. The maximum atomic E-state index is 15.5. The fourth-order valence-corrected chi connectivity index (χ4v) is 3.84. The molecule has 1 aromatic carbocycles. The number of ether oxygens (including phenoxy) is 1. The molecule has 1 aliphatic heterocycles. The van der Waals surface area contributed by atoms with E-state index in [1.165, 1.54) is 13.3 Å². The molecule has 4 rings (SSSR count). The number of aliphatic hydroxyl groups is 1. The van der Waals surface area contributed by atoms with Crippen molar-refractivity contribution >= 4 is 22.8 Å². The lowest BCUT2D eigenvalue weighted by molar-refractivity contribution is -0.0760. The van der Waals surface area contributed by atoms with Gasteiger partial charge in [-0.15, -0.1) is 0 Å². The molecule has 1 amide bonds. The molecule has 8 heteroatoms. The number of nitrogens with zero attached hydrogens (tertiary/aromatic N) is 3. The first-order valence-electron chi connectivity index (χ1n) is 9.51. The van der Waals surface area contributed by atoms with Gasteiger partial charge in [-0.1, -0.05) is 25.1 Å². The van der Waals surface area contributed by atoms with Crippen molar-refractivity contribution in [3.05, 3.63) is 54.5 Å². The molecule has 7 nitrogen and oxygen atoms in total. The minimum Gasteiger partial charge on any atom is -0.391 e. The Morgan fingerprint density at radius 1 is 1.31 bits per heavy atom. The van der Waals surface area contributed by atoms with E-state index in [-0.39, 0.29) is 5.91 Å². The number of hydrogen-bond acceptors (Lipinski definition) is 5. The summed E-state index contributed by atoms with van der Waals surface area (Å²) in [4.78, 5) is 20.9. The first kappa shape index (κ1) is 19.5. The molecular weight excluding hydrogens is 375 g/mol. The van der Waals surface area contributed by atoms with E-state index in [1.807, 2.05) is 6.07 Å². The molecular formula is C21H23FN4O3. The molecule has 1 aliphatic rings. The van der Waals surface area contributed by atoms with Gasteiger partial charge in [0.25, 0.3) is 5.91 Å². The van der Waals surface area contributed by atoms with E-state index in [0.717, 1.165) is 0 Å². The van der Waals surface area contributed by atoms with Crippen molar-refractivity contribution in [1.82, 2.24) is 14.5 Å². The number of fused-ring (bicyclic) bond motifs is 1. The topological polar surface area (TPSA) is 89.3 Å². The van der Waals surface area contributed by atoms with Crippen molar-refractivity contribution < 1.29 is 19.0 Å². The van der Waals surface area contributed by atoms with Crippen molar-refractivity contribution in [2.45, 2.75) is 44.9 Å². The van der Waals surface area contributed by atoms with E-state index in [4.69, 9.17) is 4.74 Å². The van der Waals surface area contributed by atoms with E-state index < -0.39 is 30.0 Å². The van der Waals surface area contributed by atoms with Crippen molar-refractivity contribution in [3.8, 4) is 0 Å². The maximum absolute atomic E-state index is 15.5. The van der Waals surface area contributed by atoms with Crippen LogP contribution in [0.25, 0.3) is 11.0 Å². The molecule has 0 spiro atoms. The molecule has 1 unspecified atom stereocenters. The predicted molar refractivity (Wildman–Crippen MR) is 106 cm³/mol. The average Bonchev–Trinajstić information content (AvgIpc) is 3.22. The summed E-state index contributed by atoms with van der Waals surface area (Å²) in [6.07, 6.45) is 0.590. The fraction of sp³-hybridized carbons (Fsp3) is 0.381. The second-order valence-electron chi connectivity index (χ2n) is 7.64. The van der Waals surface area contributed by atoms with E-state index in [1.54, 1.807) is 54.9 Å². The highest BCUT2D eigenvalue weighted by molar-refractivity contribution is 6.07. The molecule has 1 saturated heterocycles. The maximum Gasteiger partial charge on any atom is 0.256 e. The number of rotatable bonds is 4. The van der Waals surface area contributed by atoms with Crippen LogP contribution in [0, 0.1) is 5.92 Å². The Morgan fingerprint density at radius 2 is 2.03 bits per heavy atom. The SMILES string of the molecule is CC(O)[C@H]1O[C@@H](n2ccc3c(NC(=O)c4ccccc4)ncnc32)[C@](C)(F)[C@@H]1C. The Balaban J connectivity index is 1.69. The van der Waals surface area contributed by atoms with Crippen LogP contribution in [0.4, 0.5) is 10.2 Å². The van der Waals surface area contributed by atoms with Crippen LogP contribution >= 0.6 is 0 Å². The van der Waals surface area contributed by atoms with Gasteiger partial charge in [0.2, 0.25) is 0 Å². The molecule has 0 aliphatic carbocycles. The van der Waals surface area contributed by atoms with E-state index in [0.29, 0.717) is 22.4 Å². The van der Waals surface area contributed by atoms with Crippen molar-refractivity contribution in [2.24, 2.45) is 5.92 Å². The standard InChI is InChI=1S/C21H23FN4O3/c1-12-16(13(2)27)29-20(21(12,3)22)26-10-9-15-17(23-11-24-18(15)26)25-19(28)14-7-5-4-6-8-14/h4-13,16,20,27H,1-3H3,(H,23,24,25,28)/t12-,13?,16+,20-,21-/m1/s1. The summed E-state index contributed by atoms with van der Waals surface area (Å²) < 4.78 is 23.0. The second kappa shape index (κ2) is 7.20. The summed E-state index contributed by atoms with van der Waals surface area (Å²) in [5.41, 5.74) is -0.773. The third-order valence-electron chi connectivity index (χ3n) is 5.66. The van der Waals surface area contributed by atoms with Crippen molar-refractivity contribution in [1.29, 1.82) is 0 Å². The van der Waals surface area contributed by atoms with Crippen LogP contribution in [0.2, 0.25) is 0 Å². The third kappa shape index (κ3) is 3.28. The Labute approximate surface area is 167 Å². The molecule has 29 heavy (non-hydrogen) atoms. The number of carbonyl (C=O) groups is 1. The lowest BCUT2D eigenvalue weighted by Crippen LogP contribution is -2.35. The Kier molecular flexibility index (Phi) is 4.84. The molecule has 2 N–H and O–H groups in total. The first-order chi connectivity index (χ1) is 13.8. The molecule has 1 fully saturated rings. The molecule has 2 aromatic heterocycles. The Morgan fingerprint density at radius 3 is 2.69 bits per heavy atom. The van der Waals surface area contributed by atoms with Gasteiger partial charge in [-0.05, 0) is 32.0 Å². The minimum atomic E-state index is -1.72. The third-order valence-corrected chi connectivity index (χ3v) is 5.66. The highest BCUT2D eigenvalue weighted by atomic mass is 19.1. The quantitative estimate of drug-likeness (QED) is 0.704. The van der Waals surface area contributed by atoms with Crippen LogP contribution in [0.15, 0.2) is 48.9 Å². The number of alkyl halides is 1. The first-order valence-corrected chi connectivity index (χ1v) is 9.51.